The monoisotopic (exact) mass is 316 g/mol. The third-order valence-corrected chi connectivity index (χ3v) is 3.92. The quantitative estimate of drug-likeness (QED) is 0.483. The second-order valence-electron chi connectivity index (χ2n) is 4.03. The molecule has 2 aromatic rings. The number of aryl methyl sites for hydroxylation is 1. The summed E-state index contributed by atoms with van der Waals surface area (Å²) in [7, 11) is 2.51. The highest BCUT2D eigenvalue weighted by Gasteiger charge is 2.26. The molecule has 0 unspecified atom stereocenters. The highest BCUT2D eigenvalue weighted by molar-refractivity contribution is 8.13. The summed E-state index contributed by atoms with van der Waals surface area (Å²) in [5, 5.41) is 17.8. The van der Waals surface area contributed by atoms with Crippen LogP contribution in [0.1, 0.15) is 5.56 Å². The summed E-state index contributed by atoms with van der Waals surface area (Å²) >= 11 is 0. The van der Waals surface area contributed by atoms with E-state index < -0.39 is 19.1 Å². The fourth-order valence-electron chi connectivity index (χ4n) is 1.84. The molecule has 0 saturated carbocycles. The molecular formula is C10H9ClN4O4S. The molecule has 0 aliphatic carbocycles. The molecule has 0 fully saturated rings. The van der Waals surface area contributed by atoms with Crippen molar-refractivity contribution in [2.24, 2.45) is 7.05 Å². The first-order valence-corrected chi connectivity index (χ1v) is 7.63. The lowest BCUT2D eigenvalue weighted by Gasteiger charge is -2.05. The van der Waals surface area contributed by atoms with Gasteiger partial charge in [0, 0.05) is 23.3 Å². The van der Waals surface area contributed by atoms with Crippen LogP contribution in [-0.4, -0.2) is 28.1 Å². The predicted octanol–water partition coefficient (Wildman–Crippen LogP) is 1.63. The molecule has 0 aliphatic rings. The number of hydrogen-bond acceptors (Lipinski definition) is 6. The molecule has 20 heavy (non-hydrogen) atoms. The molecule has 8 nitrogen and oxygen atoms in total. The highest BCUT2D eigenvalue weighted by atomic mass is 35.7. The largest absolute Gasteiger partial charge is 0.300 e. The van der Waals surface area contributed by atoms with E-state index in [2.05, 4.69) is 10.2 Å². The van der Waals surface area contributed by atoms with Gasteiger partial charge in [-0.3, -0.25) is 14.7 Å². The van der Waals surface area contributed by atoms with Gasteiger partial charge in [-0.15, -0.1) is 10.2 Å². The number of halogens is 1. The lowest BCUT2D eigenvalue weighted by atomic mass is 10.1. The van der Waals surface area contributed by atoms with Gasteiger partial charge in [-0.2, -0.15) is 0 Å². The van der Waals surface area contributed by atoms with Crippen molar-refractivity contribution in [3.05, 3.63) is 33.9 Å². The summed E-state index contributed by atoms with van der Waals surface area (Å²) < 4.78 is 23.7. The van der Waals surface area contributed by atoms with Crippen LogP contribution < -0.4 is 0 Å². The van der Waals surface area contributed by atoms with E-state index in [0.29, 0.717) is 5.56 Å². The van der Waals surface area contributed by atoms with Crippen molar-refractivity contribution >= 4 is 25.4 Å². The average Bonchev–Trinajstić information content (AvgIpc) is 2.69. The summed E-state index contributed by atoms with van der Waals surface area (Å²) in [6.45, 7) is 1.58. The molecule has 1 aromatic heterocycles. The summed E-state index contributed by atoms with van der Waals surface area (Å²) in [6.07, 6.45) is 0. The second kappa shape index (κ2) is 4.84. The molecule has 2 rings (SSSR count). The number of benzene rings is 1. The van der Waals surface area contributed by atoms with E-state index in [1.807, 2.05) is 0 Å². The molecule has 0 aliphatic heterocycles. The fourth-order valence-corrected chi connectivity index (χ4v) is 2.80. The third kappa shape index (κ3) is 2.37. The smallest absolute Gasteiger partial charge is 0.296 e. The van der Waals surface area contributed by atoms with Gasteiger partial charge < -0.3 is 0 Å². The molecule has 0 saturated heterocycles. The Morgan fingerprint density at radius 3 is 2.50 bits per heavy atom. The van der Waals surface area contributed by atoms with Crippen molar-refractivity contribution in [3.8, 4) is 11.4 Å². The van der Waals surface area contributed by atoms with Crippen LogP contribution in [0.2, 0.25) is 0 Å². The maximum Gasteiger partial charge on any atom is 0.296 e. The number of nitro groups is 1. The van der Waals surface area contributed by atoms with Crippen molar-refractivity contribution < 1.29 is 13.3 Å². The Kier molecular flexibility index (Phi) is 3.48. The third-order valence-electron chi connectivity index (χ3n) is 2.71. The highest BCUT2D eigenvalue weighted by Crippen LogP contribution is 2.32. The Morgan fingerprint density at radius 2 is 2.00 bits per heavy atom. The van der Waals surface area contributed by atoms with E-state index in [0.717, 1.165) is 4.57 Å². The fraction of sp³-hybridized carbons (Fsp3) is 0.200. The van der Waals surface area contributed by atoms with Crippen molar-refractivity contribution in [1.29, 1.82) is 0 Å². The molecule has 0 spiro atoms. The molecule has 0 radical (unpaired) electrons. The zero-order valence-corrected chi connectivity index (χ0v) is 12.0. The van der Waals surface area contributed by atoms with Gasteiger partial charge in [-0.25, -0.2) is 8.42 Å². The first-order chi connectivity index (χ1) is 9.23. The van der Waals surface area contributed by atoms with E-state index >= 15 is 0 Å². The van der Waals surface area contributed by atoms with E-state index in [-0.39, 0.29) is 17.1 Å². The van der Waals surface area contributed by atoms with Gasteiger partial charge in [0.05, 0.1) is 10.5 Å². The Morgan fingerprint density at radius 1 is 1.35 bits per heavy atom. The zero-order valence-electron chi connectivity index (χ0n) is 10.4. The molecule has 106 valence electrons. The van der Waals surface area contributed by atoms with E-state index in [1.165, 1.54) is 13.1 Å². The van der Waals surface area contributed by atoms with Gasteiger partial charge >= 0.3 is 0 Å². The van der Waals surface area contributed by atoms with Crippen LogP contribution in [0.4, 0.5) is 5.69 Å². The van der Waals surface area contributed by atoms with E-state index in [9.17, 15) is 18.5 Å². The van der Waals surface area contributed by atoms with Gasteiger partial charge in [-0.1, -0.05) is 12.1 Å². The second-order valence-corrected chi connectivity index (χ2v) is 6.49. The van der Waals surface area contributed by atoms with Crippen LogP contribution in [0.3, 0.4) is 0 Å². The number of aromatic nitrogens is 3. The van der Waals surface area contributed by atoms with Gasteiger partial charge in [0.15, 0.2) is 5.82 Å². The van der Waals surface area contributed by atoms with Gasteiger partial charge in [0.2, 0.25) is 0 Å². The van der Waals surface area contributed by atoms with Gasteiger partial charge in [0.1, 0.15) is 0 Å². The van der Waals surface area contributed by atoms with Crippen molar-refractivity contribution in [3.63, 3.8) is 0 Å². The minimum absolute atomic E-state index is 0.0552. The van der Waals surface area contributed by atoms with Crippen LogP contribution in [0.5, 0.6) is 0 Å². The summed E-state index contributed by atoms with van der Waals surface area (Å²) in [4.78, 5) is 10.6. The SMILES string of the molecule is Cc1cccc(-c2nnc(S(=O)(=O)Cl)n2C)c1[N+](=O)[O-]. The molecule has 0 N–H and O–H groups in total. The molecule has 0 amide bonds. The molecule has 0 bridgehead atoms. The number of nitro benzene ring substituents is 1. The van der Waals surface area contributed by atoms with Crippen molar-refractivity contribution in [2.75, 3.05) is 0 Å². The minimum atomic E-state index is -4.07. The standard InChI is InChI=1S/C10H9ClN4O4S/c1-6-4-3-5-7(8(6)15(16)17)9-12-13-10(14(9)2)20(11,18)19/h3-5H,1-2H3. The summed E-state index contributed by atoms with van der Waals surface area (Å²) in [5.74, 6) is 0.0552. The van der Waals surface area contributed by atoms with Crippen LogP contribution in [-0.2, 0) is 16.1 Å². The van der Waals surface area contributed by atoms with E-state index in [1.54, 1.807) is 19.1 Å². The number of rotatable bonds is 3. The minimum Gasteiger partial charge on any atom is -0.300 e. The first-order valence-electron chi connectivity index (χ1n) is 5.32. The topological polar surface area (TPSA) is 108 Å². The maximum absolute atomic E-state index is 11.3. The lowest BCUT2D eigenvalue weighted by molar-refractivity contribution is -0.384. The zero-order chi connectivity index (χ0) is 15.1. The Hall–Kier alpha value is -2.00. The number of nitrogens with zero attached hydrogens (tertiary/aromatic N) is 4. The van der Waals surface area contributed by atoms with Crippen LogP contribution in [0, 0.1) is 17.0 Å². The van der Waals surface area contributed by atoms with Crippen LogP contribution in [0.25, 0.3) is 11.4 Å². The number of para-hydroxylation sites is 1. The lowest BCUT2D eigenvalue weighted by Crippen LogP contribution is -2.04. The van der Waals surface area contributed by atoms with Crippen LogP contribution >= 0.6 is 10.7 Å². The normalized spacial score (nSPS) is 11.6. The van der Waals surface area contributed by atoms with Crippen molar-refractivity contribution in [1.82, 2.24) is 14.8 Å². The predicted molar refractivity (Wildman–Crippen MR) is 70.9 cm³/mol. The Labute approximate surface area is 118 Å². The van der Waals surface area contributed by atoms with Gasteiger partial charge in [-0.05, 0) is 13.0 Å². The molecule has 0 atom stereocenters. The van der Waals surface area contributed by atoms with Gasteiger partial charge in [0.25, 0.3) is 19.9 Å². The van der Waals surface area contributed by atoms with Crippen molar-refractivity contribution in [2.45, 2.75) is 12.1 Å². The average molecular weight is 317 g/mol. The molecule has 1 aromatic carbocycles. The molecular weight excluding hydrogens is 308 g/mol. The van der Waals surface area contributed by atoms with Crippen LogP contribution in [0.15, 0.2) is 23.4 Å². The van der Waals surface area contributed by atoms with E-state index in [4.69, 9.17) is 10.7 Å². The number of hydrogen-bond donors (Lipinski definition) is 0. The Balaban J connectivity index is 2.74. The first kappa shape index (κ1) is 14.4. The molecule has 10 heteroatoms. The maximum atomic E-state index is 11.3. The summed E-state index contributed by atoms with van der Waals surface area (Å²) in [5.41, 5.74) is 0.462. The molecule has 1 heterocycles. The summed E-state index contributed by atoms with van der Waals surface area (Å²) in [6, 6.07) is 4.66. The Bertz CT molecular complexity index is 800.